The van der Waals surface area contributed by atoms with Crippen molar-refractivity contribution < 1.29 is 14.3 Å². The van der Waals surface area contributed by atoms with Crippen LogP contribution < -0.4 is 14.8 Å². The molecule has 0 aliphatic carbocycles. The first-order valence-corrected chi connectivity index (χ1v) is 9.41. The van der Waals surface area contributed by atoms with Crippen molar-refractivity contribution in [2.45, 2.75) is 34.2 Å². The van der Waals surface area contributed by atoms with Crippen LogP contribution in [0.5, 0.6) is 11.5 Å². The van der Waals surface area contributed by atoms with Crippen LogP contribution in [0.1, 0.15) is 33.3 Å². The van der Waals surface area contributed by atoms with Crippen LogP contribution in [-0.4, -0.2) is 62.8 Å². The second-order valence-electron chi connectivity index (χ2n) is 6.71. The van der Waals surface area contributed by atoms with Crippen LogP contribution in [0, 0.1) is 5.92 Å². The van der Waals surface area contributed by atoms with Crippen LogP contribution in [-0.2, 0) is 6.54 Å². The Morgan fingerprint density at radius 3 is 2.27 bits per heavy atom. The van der Waals surface area contributed by atoms with Gasteiger partial charge in [0, 0.05) is 26.2 Å². The molecule has 0 fully saturated rings. The Hall–Kier alpha value is -1.95. The van der Waals surface area contributed by atoms with Gasteiger partial charge in [0.05, 0.1) is 14.2 Å². The predicted molar refractivity (Wildman–Crippen MR) is 106 cm³/mol. The van der Waals surface area contributed by atoms with Gasteiger partial charge in [0.15, 0.2) is 11.5 Å². The summed E-state index contributed by atoms with van der Waals surface area (Å²) in [7, 11) is 3.22. The largest absolute Gasteiger partial charge is 0.493 e. The van der Waals surface area contributed by atoms with E-state index in [2.05, 4.69) is 37.9 Å². The third kappa shape index (κ3) is 7.12. The van der Waals surface area contributed by atoms with Gasteiger partial charge < -0.3 is 24.6 Å². The van der Waals surface area contributed by atoms with Crippen LogP contribution in [0.4, 0.5) is 4.79 Å². The van der Waals surface area contributed by atoms with Gasteiger partial charge in [-0.3, -0.25) is 0 Å². The SMILES string of the molecule is CCN(CC)CCN(CC(C)C)C(=O)NCc1ccc(OC)c(OC)c1. The molecule has 1 aromatic rings. The molecule has 0 aliphatic rings. The molecule has 1 N–H and O–H groups in total. The molecule has 0 bridgehead atoms. The van der Waals surface area contributed by atoms with Crippen LogP contribution in [0.25, 0.3) is 0 Å². The number of benzene rings is 1. The maximum Gasteiger partial charge on any atom is 0.317 e. The number of hydrogen-bond donors (Lipinski definition) is 1. The zero-order valence-electron chi connectivity index (χ0n) is 17.2. The zero-order valence-corrected chi connectivity index (χ0v) is 17.2. The van der Waals surface area contributed by atoms with Gasteiger partial charge >= 0.3 is 6.03 Å². The minimum absolute atomic E-state index is 0.0272. The lowest BCUT2D eigenvalue weighted by Crippen LogP contribution is -2.45. The molecule has 0 saturated heterocycles. The van der Waals surface area contributed by atoms with E-state index in [1.807, 2.05) is 23.1 Å². The van der Waals surface area contributed by atoms with E-state index >= 15 is 0 Å². The number of rotatable bonds is 11. The van der Waals surface area contributed by atoms with E-state index in [1.165, 1.54) is 0 Å². The minimum Gasteiger partial charge on any atom is -0.493 e. The summed E-state index contributed by atoms with van der Waals surface area (Å²) in [6.45, 7) is 13.4. The van der Waals surface area contributed by atoms with Crippen molar-refractivity contribution in [1.82, 2.24) is 15.1 Å². The van der Waals surface area contributed by atoms with E-state index in [9.17, 15) is 4.79 Å². The second-order valence-corrected chi connectivity index (χ2v) is 6.71. The molecule has 0 heterocycles. The highest BCUT2D eigenvalue weighted by Crippen LogP contribution is 2.27. The highest BCUT2D eigenvalue weighted by Gasteiger charge is 2.16. The Kier molecular flexibility index (Phi) is 9.88. The molecule has 26 heavy (non-hydrogen) atoms. The molecule has 0 aliphatic heterocycles. The molecule has 0 spiro atoms. The number of likely N-dealkylation sites (N-methyl/N-ethyl adjacent to an activating group) is 1. The molecule has 0 saturated carbocycles. The van der Waals surface area contributed by atoms with Crippen molar-refractivity contribution >= 4 is 6.03 Å². The molecular weight excluding hydrogens is 330 g/mol. The lowest BCUT2D eigenvalue weighted by atomic mass is 10.2. The third-order valence-electron chi connectivity index (χ3n) is 4.35. The van der Waals surface area contributed by atoms with E-state index in [1.54, 1.807) is 14.2 Å². The topological polar surface area (TPSA) is 54.0 Å². The van der Waals surface area contributed by atoms with Gasteiger partial charge in [-0.1, -0.05) is 33.8 Å². The smallest absolute Gasteiger partial charge is 0.317 e. The van der Waals surface area contributed by atoms with Crippen LogP contribution in [0.15, 0.2) is 18.2 Å². The summed E-state index contributed by atoms with van der Waals surface area (Å²) in [5, 5.41) is 3.03. The fourth-order valence-electron chi connectivity index (χ4n) is 2.80. The summed E-state index contributed by atoms with van der Waals surface area (Å²) in [4.78, 5) is 16.9. The summed E-state index contributed by atoms with van der Waals surface area (Å²) in [5.41, 5.74) is 0.976. The van der Waals surface area contributed by atoms with Gasteiger partial charge in [-0.15, -0.1) is 0 Å². The van der Waals surface area contributed by atoms with Gasteiger partial charge in [-0.05, 0) is 36.7 Å². The van der Waals surface area contributed by atoms with Gasteiger partial charge in [0.25, 0.3) is 0 Å². The number of carbonyl (C=O) groups is 1. The molecule has 148 valence electrons. The Labute approximate surface area is 158 Å². The van der Waals surface area contributed by atoms with E-state index in [-0.39, 0.29) is 6.03 Å². The van der Waals surface area contributed by atoms with Gasteiger partial charge in [-0.2, -0.15) is 0 Å². The fraction of sp³-hybridized carbons (Fsp3) is 0.650. The molecule has 0 unspecified atom stereocenters. The predicted octanol–water partition coefficient (Wildman–Crippen LogP) is 3.21. The quantitative estimate of drug-likeness (QED) is 0.654. The highest BCUT2D eigenvalue weighted by molar-refractivity contribution is 5.74. The fourth-order valence-corrected chi connectivity index (χ4v) is 2.80. The van der Waals surface area contributed by atoms with Crippen molar-refractivity contribution in [3.63, 3.8) is 0 Å². The molecule has 1 rings (SSSR count). The molecular formula is C20H35N3O3. The number of methoxy groups -OCH3 is 2. The van der Waals surface area contributed by atoms with Crippen molar-refractivity contribution in [2.24, 2.45) is 5.92 Å². The summed E-state index contributed by atoms with van der Waals surface area (Å²) >= 11 is 0. The molecule has 1 aromatic carbocycles. The number of hydrogen-bond acceptors (Lipinski definition) is 4. The average Bonchev–Trinajstić information content (AvgIpc) is 2.65. The second kappa shape index (κ2) is 11.6. The van der Waals surface area contributed by atoms with E-state index < -0.39 is 0 Å². The monoisotopic (exact) mass is 365 g/mol. The first-order valence-electron chi connectivity index (χ1n) is 9.41. The zero-order chi connectivity index (χ0) is 19.5. The van der Waals surface area contributed by atoms with Crippen molar-refractivity contribution in [3.8, 4) is 11.5 Å². The normalized spacial score (nSPS) is 10.9. The first-order chi connectivity index (χ1) is 12.4. The number of ether oxygens (including phenoxy) is 2. The molecule has 0 atom stereocenters. The summed E-state index contributed by atoms with van der Waals surface area (Å²) in [6.07, 6.45) is 0. The lowest BCUT2D eigenvalue weighted by molar-refractivity contribution is 0.177. The van der Waals surface area contributed by atoms with Crippen molar-refractivity contribution in [1.29, 1.82) is 0 Å². The molecule has 0 radical (unpaired) electrons. The standard InChI is InChI=1S/C20H35N3O3/c1-7-22(8-2)11-12-23(15-16(3)4)20(24)21-14-17-9-10-18(25-5)19(13-17)26-6/h9-10,13,16H,7-8,11-12,14-15H2,1-6H3,(H,21,24). The Balaban J connectivity index is 2.67. The average molecular weight is 366 g/mol. The maximum atomic E-state index is 12.7. The number of amides is 2. The maximum absolute atomic E-state index is 12.7. The highest BCUT2D eigenvalue weighted by atomic mass is 16.5. The van der Waals surface area contributed by atoms with Gasteiger partial charge in [0.1, 0.15) is 0 Å². The van der Waals surface area contributed by atoms with Gasteiger partial charge in [-0.25, -0.2) is 4.79 Å². The first kappa shape index (κ1) is 22.1. The van der Waals surface area contributed by atoms with Crippen LogP contribution in [0.2, 0.25) is 0 Å². The van der Waals surface area contributed by atoms with Crippen LogP contribution in [0.3, 0.4) is 0 Å². The van der Waals surface area contributed by atoms with Crippen molar-refractivity contribution in [3.05, 3.63) is 23.8 Å². The molecule has 6 nitrogen and oxygen atoms in total. The molecule has 0 aromatic heterocycles. The number of urea groups is 1. The van der Waals surface area contributed by atoms with Gasteiger partial charge in [0.2, 0.25) is 0 Å². The van der Waals surface area contributed by atoms with E-state index in [0.29, 0.717) is 24.0 Å². The number of carbonyl (C=O) groups excluding carboxylic acids is 1. The summed E-state index contributed by atoms with van der Waals surface area (Å²) in [6, 6.07) is 5.65. The number of nitrogens with one attached hydrogen (secondary N) is 1. The number of nitrogens with zero attached hydrogens (tertiary/aromatic N) is 2. The lowest BCUT2D eigenvalue weighted by Gasteiger charge is -2.28. The third-order valence-corrected chi connectivity index (χ3v) is 4.35. The van der Waals surface area contributed by atoms with Crippen molar-refractivity contribution in [2.75, 3.05) is 46.9 Å². The Morgan fingerprint density at radius 2 is 1.73 bits per heavy atom. The Morgan fingerprint density at radius 1 is 1.08 bits per heavy atom. The Bertz CT molecular complexity index is 545. The molecule has 2 amide bonds. The van der Waals surface area contributed by atoms with Crippen LogP contribution >= 0.6 is 0 Å². The molecule has 6 heteroatoms. The minimum atomic E-state index is -0.0272. The summed E-state index contributed by atoms with van der Waals surface area (Å²) in [5.74, 6) is 1.78. The van der Waals surface area contributed by atoms with E-state index in [0.717, 1.165) is 38.3 Å². The summed E-state index contributed by atoms with van der Waals surface area (Å²) < 4.78 is 10.6. The van der Waals surface area contributed by atoms with E-state index in [4.69, 9.17) is 9.47 Å².